The van der Waals surface area contributed by atoms with E-state index in [2.05, 4.69) is 10.6 Å². The van der Waals surface area contributed by atoms with E-state index in [-0.39, 0.29) is 12.3 Å². The Morgan fingerprint density at radius 3 is 2.44 bits per heavy atom. The molecule has 1 heterocycles. The molecule has 0 aromatic rings. The summed E-state index contributed by atoms with van der Waals surface area (Å²) in [5.41, 5.74) is 5.50. The number of rotatable bonds is 8. The van der Waals surface area contributed by atoms with Crippen molar-refractivity contribution in [2.24, 2.45) is 11.7 Å². The van der Waals surface area contributed by atoms with Crippen LogP contribution < -0.4 is 16.4 Å². The first-order valence-corrected chi connectivity index (χ1v) is 9.26. The van der Waals surface area contributed by atoms with Crippen LogP contribution in [0.4, 0.5) is 0 Å². The van der Waals surface area contributed by atoms with Gasteiger partial charge >= 0.3 is 13.1 Å². The number of nitrogens with one attached hydrogen (secondary N) is 2. The van der Waals surface area contributed by atoms with Crippen LogP contribution in [0.2, 0.25) is 0 Å². The smallest absolute Gasteiger partial charge is 0.478 e. The van der Waals surface area contributed by atoms with Crippen LogP contribution in [0.1, 0.15) is 51.4 Å². The third-order valence-corrected chi connectivity index (χ3v) is 5.12. The molecular formula is C16H30BN3O5. The second kappa shape index (κ2) is 10.1. The van der Waals surface area contributed by atoms with Crippen molar-refractivity contribution in [1.82, 2.24) is 10.6 Å². The van der Waals surface area contributed by atoms with Crippen molar-refractivity contribution in [3.05, 3.63) is 0 Å². The van der Waals surface area contributed by atoms with Crippen molar-refractivity contribution in [2.75, 3.05) is 13.1 Å². The summed E-state index contributed by atoms with van der Waals surface area (Å²) >= 11 is 0. The Hall–Kier alpha value is -1.16. The lowest BCUT2D eigenvalue weighted by Crippen LogP contribution is -2.53. The fraction of sp³-hybridized carbons (Fsp3) is 0.875. The lowest BCUT2D eigenvalue weighted by Gasteiger charge is -2.32. The molecule has 2 fully saturated rings. The van der Waals surface area contributed by atoms with Gasteiger partial charge in [-0.15, -0.1) is 0 Å². The van der Waals surface area contributed by atoms with E-state index in [0.717, 1.165) is 32.2 Å². The molecule has 2 aliphatic rings. The summed E-state index contributed by atoms with van der Waals surface area (Å²) in [6.45, 7) is 1.47. The van der Waals surface area contributed by atoms with Gasteiger partial charge in [0, 0.05) is 25.6 Å². The van der Waals surface area contributed by atoms with Gasteiger partial charge in [0.05, 0.1) is 18.5 Å². The highest BCUT2D eigenvalue weighted by atomic mass is 16.5. The van der Waals surface area contributed by atoms with E-state index in [1.165, 1.54) is 0 Å². The number of carbonyl (C=O) groups is 2. The lowest BCUT2D eigenvalue weighted by atomic mass is 9.72. The molecule has 1 aliphatic carbocycles. The van der Waals surface area contributed by atoms with Gasteiger partial charge in [0.25, 0.3) is 0 Å². The Morgan fingerprint density at radius 1 is 1.12 bits per heavy atom. The molecule has 6 N–H and O–H groups in total. The maximum Gasteiger partial charge on any atom is 0.478 e. The average Bonchev–Trinajstić information content (AvgIpc) is 2.56. The molecule has 8 nitrogen and oxygen atoms in total. The van der Waals surface area contributed by atoms with E-state index < -0.39 is 25.1 Å². The Morgan fingerprint density at radius 2 is 1.84 bits per heavy atom. The molecule has 9 heteroatoms. The number of carbonyl (C=O) groups excluding carboxylic acids is 1. The molecule has 0 aromatic heterocycles. The number of carboxylic acids is 1. The Balaban J connectivity index is 1.66. The third-order valence-electron chi connectivity index (χ3n) is 5.12. The number of carboxylic acid groups (broad SMARTS) is 1. The van der Waals surface area contributed by atoms with Gasteiger partial charge in [-0.1, -0.05) is 0 Å². The Bertz CT molecular complexity index is 445. The number of amides is 1. The van der Waals surface area contributed by atoms with Crippen LogP contribution in [0.15, 0.2) is 0 Å². The molecule has 142 valence electrons. The van der Waals surface area contributed by atoms with Crippen molar-refractivity contribution in [3.63, 3.8) is 0 Å². The highest BCUT2D eigenvalue weighted by molar-refractivity contribution is 6.45. The molecule has 25 heavy (non-hydrogen) atoms. The minimum Gasteiger partial charge on any atom is -0.481 e. The van der Waals surface area contributed by atoms with E-state index in [1.54, 1.807) is 0 Å². The molecule has 0 aromatic carbocycles. The summed E-state index contributed by atoms with van der Waals surface area (Å²) in [6.07, 6.45) is 5.04. The molecule has 1 saturated carbocycles. The molecule has 1 saturated heterocycles. The summed E-state index contributed by atoms with van der Waals surface area (Å²) in [6, 6.07) is 0.502. The summed E-state index contributed by atoms with van der Waals surface area (Å²) < 4.78 is 5.29. The van der Waals surface area contributed by atoms with Crippen molar-refractivity contribution in [3.8, 4) is 0 Å². The summed E-state index contributed by atoms with van der Waals surface area (Å²) in [4.78, 5) is 22.9. The van der Waals surface area contributed by atoms with Crippen molar-refractivity contribution in [1.29, 1.82) is 0 Å². The van der Waals surface area contributed by atoms with E-state index in [9.17, 15) is 14.6 Å². The largest absolute Gasteiger partial charge is 0.481 e. The second-order valence-corrected chi connectivity index (χ2v) is 7.16. The van der Waals surface area contributed by atoms with Gasteiger partial charge in [-0.2, -0.15) is 0 Å². The maximum atomic E-state index is 12.2. The molecule has 0 radical (unpaired) electrons. The van der Waals surface area contributed by atoms with Crippen LogP contribution in [0.25, 0.3) is 0 Å². The third kappa shape index (κ3) is 6.93. The van der Waals surface area contributed by atoms with Crippen LogP contribution in [-0.2, 0) is 14.2 Å². The summed E-state index contributed by atoms with van der Waals surface area (Å²) in [7, 11) is -1.14. The van der Waals surface area contributed by atoms with Crippen LogP contribution in [0.3, 0.4) is 0 Å². The zero-order chi connectivity index (χ0) is 18.2. The molecular weight excluding hydrogens is 325 g/mol. The Labute approximate surface area is 149 Å². The van der Waals surface area contributed by atoms with Crippen LogP contribution in [0.5, 0.6) is 0 Å². The molecule has 2 atom stereocenters. The molecule has 1 aliphatic heterocycles. The van der Waals surface area contributed by atoms with Crippen LogP contribution in [-0.4, -0.2) is 60.3 Å². The molecule has 0 bridgehead atoms. The standard InChI is InChI=1S/C16H30BN3O5/c18-7-8-19-12-3-1-11(2-4-12)9-15(21)20-14-6-5-13(10-16(22)23)25-17(14)24/h11-14,19,24H,1-10,18H2,(H,20,21)(H,22,23)/t11-,12-,13-,14-/m0/s1. The van der Waals surface area contributed by atoms with E-state index in [4.69, 9.17) is 15.5 Å². The number of aliphatic carboxylic acids is 1. The maximum absolute atomic E-state index is 12.2. The second-order valence-electron chi connectivity index (χ2n) is 7.16. The van der Waals surface area contributed by atoms with E-state index in [1.807, 2.05) is 0 Å². The quantitative estimate of drug-likeness (QED) is 0.376. The zero-order valence-corrected chi connectivity index (χ0v) is 14.7. The number of nitrogens with two attached hydrogens (primary N) is 1. The van der Waals surface area contributed by atoms with Gasteiger partial charge < -0.3 is 31.2 Å². The SMILES string of the molecule is NCCN[C@H]1CC[C@H](CC(=O)N[C@H]2CC[C@@H](CC(=O)O)OB2O)CC1. The normalized spacial score (nSPS) is 30.1. The molecule has 0 spiro atoms. The van der Waals surface area contributed by atoms with Crippen molar-refractivity contribution >= 4 is 19.0 Å². The number of hydrogen-bond donors (Lipinski definition) is 5. The first kappa shape index (κ1) is 20.2. The fourth-order valence-corrected chi connectivity index (χ4v) is 3.74. The van der Waals surface area contributed by atoms with Gasteiger partial charge in [-0.25, -0.2) is 0 Å². The predicted octanol–water partition coefficient (Wildman–Crippen LogP) is -0.358. The highest BCUT2D eigenvalue weighted by Gasteiger charge is 2.37. The number of hydrogen-bond acceptors (Lipinski definition) is 6. The van der Waals surface area contributed by atoms with E-state index >= 15 is 0 Å². The van der Waals surface area contributed by atoms with Gasteiger partial charge in [-0.05, 0) is 44.4 Å². The van der Waals surface area contributed by atoms with E-state index in [0.29, 0.717) is 37.8 Å². The average molecular weight is 355 g/mol. The Kier molecular flexibility index (Phi) is 8.15. The minimum atomic E-state index is -1.14. The fourth-order valence-electron chi connectivity index (χ4n) is 3.74. The van der Waals surface area contributed by atoms with Gasteiger partial charge in [0.2, 0.25) is 5.91 Å². The summed E-state index contributed by atoms with van der Waals surface area (Å²) in [5, 5.41) is 25.0. The van der Waals surface area contributed by atoms with Gasteiger partial charge in [-0.3, -0.25) is 9.59 Å². The van der Waals surface area contributed by atoms with Crippen molar-refractivity contribution < 1.29 is 24.4 Å². The molecule has 0 unspecified atom stereocenters. The lowest BCUT2D eigenvalue weighted by molar-refractivity contribution is -0.139. The predicted molar refractivity (Wildman–Crippen MR) is 93.7 cm³/mol. The highest BCUT2D eigenvalue weighted by Crippen LogP contribution is 2.27. The summed E-state index contributed by atoms with van der Waals surface area (Å²) in [5.74, 6) is -1.10. The first-order chi connectivity index (χ1) is 12.0. The molecule has 1 amide bonds. The monoisotopic (exact) mass is 355 g/mol. The van der Waals surface area contributed by atoms with Crippen LogP contribution >= 0.6 is 0 Å². The zero-order valence-electron chi connectivity index (χ0n) is 14.7. The van der Waals surface area contributed by atoms with Gasteiger partial charge in [0.1, 0.15) is 0 Å². The molecule has 2 rings (SSSR count). The first-order valence-electron chi connectivity index (χ1n) is 9.26. The topological polar surface area (TPSA) is 134 Å². The van der Waals surface area contributed by atoms with Crippen molar-refractivity contribution in [2.45, 2.75) is 69.5 Å². The van der Waals surface area contributed by atoms with Gasteiger partial charge in [0.15, 0.2) is 0 Å². The minimum absolute atomic E-state index is 0.0669. The van der Waals surface area contributed by atoms with Crippen LogP contribution in [0, 0.1) is 5.92 Å².